The highest BCUT2D eigenvalue weighted by molar-refractivity contribution is 5.90. The summed E-state index contributed by atoms with van der Waals surface area (Å²) in [6.45, 7) is 0.155. The molecular weight excluding hydrogens is 260 g/mol. The van der Waals surface area contributed by atoms with Crippen LogP contribution in [0.1, 0.15) is 29.1 Å². The highest BCUT2D eigenvalue weighted by atomic mass is 16.5. The second-order valence-corrected chi connectivity index (χ2v) is 4.26. The summed E-state index contributed by atoms with van der Waals surface area (Å²) in [5.41, 5.74) is 1.14. The average molecular weight is 276 g/mol. The number of methoxy groups -OCH3 is 1. The van der Waals surface area contributed by atoms with Gasteiger partial charge in [-0.1, -0.05) is 17.3 Å². The van der Waals surface area contributed by atoms with E-state index in [-0.39, 0.29) is 6.61 Å². The van der Waals surface area contributed by atoms with Gasteiger partial charge in [0.05, 0.1) is 12.7 Å². The number of carbonyl (C=O) groups excluding carboxylic acids is 1. The number of hydrogen-bond donors (Lipinski definition) is 1. The highest BCUT2D eigenvalue weighted by Gasteiger charge is 2.11. The van der Waals surface area contributed by atoms with Crippen molar-refractivity contribution in [3.05, 3.63) is 35.7 Å². The Morgan fingerprint density at radius 3 is 3.00 bits per heavy atom. The van der Waals surface area contributed by atoms with Crippen LogP contribution < -0.4 is 0 Å². The van der Waals surface area contributed by atoms with Crippen LogP contribution >= 0.6 is 0 Å². The first-order valence-electron chi connectivity index (χ1n) is 6.37. The molecular formula is C14H16N2O4. The van der Waals surface area contributed by atoms with E-state index in [0.29, 0.717) is 35.7 Å². The number of aliphatic hydroxyl groups is 1. The minimum atomic E-state index is -0.404. The summed E-state index contributed by atoms with van der Waals surface area (Å²) in [4.78, 5) is 15.7. The van der Waals surface area contributed by atoms with Crippen molar-refractivity contribution >= 4 is 5.97 Å². The standard InChI is InChI=1S/C14H16N2O4/c1-19-14(18)11-6-4-5-10(9-11)13-15-12(20-16-13)7-2-3-8-17/h4-6,9,17H,2-3,7-8H2,1H3. The van der Waals surface area contributed by atoms with E-state index in [1.165, 1.54) is 7.11 Å². The number of aromatic nitrogens is 2. The maximum absolute atomic E-state index is 11.5. The van der Waals surface area contributed by atoms with Crippen LogP contribution in [0.4, 0.5) is 0 Å². The Hall–Kier alpha value is -2.21. The lowest BCUT2D eigenvalue weighted by Crippen LogP contribution is -2.00. The largest absolute Gasteiger partial charge is 0.465 e. The van der Waals surface area contributed by atoms with Crippen LogP contribution in [0.2, 0.25) is 0 Å². The lowest BCUT2D eigenvalue weighted by atomic mass is 10.1. The Morgan fingerprint density at radius 1 is 1.40 bits per heavy atom. The van der Waals surface area contributed by atoms with Gasteiger partial charge in [0.2, 0.25) is 11.7 Å². The van der Waals surface area contributed by atoms with Gasteiger partial charge in [-0.3, -0.25) is 0 Å². The minimum Gasteiger partial charge on any atom is -0.465 e. The molecule has 0 aliphatic carbocycles. The fourth-order valence-corrected chi connectivity index (χ4v) is 1.76. The summed E-state index contributed by atoms with van der Waals surface area (Å²) >= 11 is 0. The van der Waals surface area contributed by atoms with Crippen molar-refractivity contribution in [3.63, 3.8) is 0 Å². The molecule has 2 rings (SSSR count). The van der Waals surface area contributed by atoms with Gasteiger partial charge in [0, 0.05) is 18.6 Å². The van der Waals surface area contributed by atoms with E-state index in [9.17, 15) is 4.79 Å². The van der Waals surface area contributed by atoms with Crippen molar-refractivity contribution in [1.29, 1.82) is 0 Å². The van der Waals surface area contributed by atoms with Crippen LogP contribution in [0.3, 0.4) is 0 Å². The zero-order valence-corrected chi connectivity index (χ0v) is 11.2. The van der Waals surface area contributed by atoms with E-state index in [0.717, 1.165) is 6.42 Å². The number of ether oxygens (including phenoxy) is 1. The van der Waals surface area contributed by atoms with Crippen molar-refractivity contribution in [3.8, 4) is 11.4 Å². The number of unbranched alkanes of at least 4 members (excludes halogenated alkanes) is 1. The summed E-state index contributed by atoms with van der Waals surface area (Å²) in [5, 5.41) is 12.6. The third-order valence-corrected chi connectivity index (χ3v) is 2.81. The third kappa shape index (κ3) is 3.42. The minimum absolute atomic E-state index is 0.155. The number of aryl methyl sites for hydroxylation is 1. The number of nitrogens with zero attached hydrogens (tertiary/aromatic N) is 2. The second kappa shape index (κ2) is 6.81. The molecule has 1 N–H and O–H groups in total. The zero-order chi connectivity index (χ0) is 14.4. The maximum Gasteiger partial charge on any atom is 0.337 e. The molecule has 0 aliphatic rings. The first-order valence-corrected chi connectivity index (χ1v) is 6.37. The maximum atomic E-state index is 11.5. The summed E-state index contributed by atoms with van der Waals surface area (Å²) in [6.07, 6.45) is 2.13. The van der Waals surface area contributed by atoms with Crippen molar-refractivity contribution in [2.45, 2.75) is 19.3 Å². The van der Waals surface area contributed by atoms with Gasteiger partial charge in [0.25, 0.3) is 0 Å². The van der Waals surface area contributed by atoms with Gasteiger partial charge < -0.3 is 14.4 Å². The monoisotopic (exact) mass is 276 g/mol. The van der Waals surface area contributed by atoms with E-state index in [1.807, 2.05) is 0 Å². The Kier molecular flexibility index (Phi) is 4.84. The first kappa shape index (κ1) is 14.2. The predicted molar refractivity (Wildman–Crippen MR) is 71.1 cm³/mol. The zero-order valence-electron chi connectivity index (χ0n) is 11.2. The number of esters is 1. The number of hydrogen-bond acceptors (Lipinski definition) is 6. The molecule has 0 unspecified atom stereocenters. The molecule has 1 aromatic heterocycles. The van der Waals surface area contributed by atoms with Gasteiger partial charge >= 0.3 is 5.97 Å². The van der Waals surface area contributed by atoms with Gasteiger partial charge in [-0.25, -0.2) is 4.79 Å². The third-order valence-electron chi connectivity index (χ3n) is 2.81. The average Bonchev–Trinajstić information content (AvgIpc) is 2.96. The first-order chi connectivity index (χ1) is 9.74. The number of carbonyl (C=O) groups is 1. The Balaban J connectivity index is 2.13. The SMILES string of the molecule is COC(=O)c1cccc(-c2noc(CCCCO)n2)c1. The topological polar surface area (TPSA) is 85.5 Å². The van der Waals surface area contributed by atoms with Gasteiger partial charge in [0.15, 0.2) is 0 Å². The van der Waals surface area contributed by atoms with Crippen LogP contribution in [-0.2, 0) is 11.2 Å². The van der Waals surface area contributed by atoms with E-state index >= 15 is 0 Å². The molecule has 0 atom stereocenters. The molecule has 0 saturated heterocycles. The summed E-state index contributed by atoms with van der Waals surface area (Å²) in [6, 6.07) is 6.87. The van der Waals surface area contributed by atoms with Crippen molar-refractivity contribution in [2.75, 3.05) is 13.7 Å². The smallest absolute Gasteiger partial charge is 0.337 e. The van der Waals surface area contributed by atoms with Crippen molar-refractivity contribution in [1.82, 2.24) is 10.1 Å². The molecule has 0 amide bonds. The molecule has 0 fully saturated rings. The molecule has 1 heterocycles. The second-order valence-electron chi connectivity index (χ2n) is 4.26. The number of benzene rings is 1. The van der Waals surface area contributed by atoms with Gasteiger partial charge in [-0.15, -0.1) is 0 Å². The molecule has 6 nitrogen and oxygen atoms in total. The molecule has 6 heteroatoms. The normalized spacial score (nSPS) is 10.5. The molecule has 2 aromatic rings. The molecule has 0 spiro atoms. The predicted octanol–water partition coefficient (Wildman–Crippen LogP) is 1.84. The molecule has 0 bridgehead atoms. The van der Waals surface area contributed by atoms with Crippen LogP contribution in [0.15, 0.2) is 28.8 Å². The molecule has 0 saturated carbocycles. The summed E-state index contributed by atoms with van der Waals surface area (Å²) in [7, 11) is 1.34. The number of aliphatic hydroxyl groups excluding tert-OH is 1. The molecule has 0 aliphatic heterocycles. The van der Waals surface area contributed by atoms with Crippen molar-refractivity contribution < 1.29 is 19.2 Å². The highest BCUT2D eigenvalue weighted by Crippen LogP contribution is 2.18. The van der Waals surface area contributed by atoms with E-state index in [4.69, 9.17) is 9.63 Å². The summed E-state index contributed by atoms with van der Waals surface area (Å²) < 4.78 is 9.80. The lowest BCUT2D eigenvalue weighted by molar-refractivity contribution is 0.0601. The number of rotatable bonds is 6. The van der Waals surface area contributed by atoms with E-state index in [1.54, 1.807) is 24.3 Å². The van der Waals surface area contributed by atoms with Crippen LogP contribution in [-0.4, -0.2) is 34.9 Å². The van der Waals surface area contributed by atoms with Crippen LogP contribution in [0, 0.1) is 0 Å². The van der Waals surface area contributed by atoms with E-state index < -0.39 is 5.97 Å². The molecule has 106 valence electrons. The van der Waals surface area contributed by atoms with Crippen LogP contribution in [0.5, 0.6) is 0 Å². The van der Waals surface area contributed by atoms with Crippen molar-refractivity contribution in [2.24, 2.45) is 0 Å². The molecule has 20 heavy (non-hydrogen) atoms. The van der Waals surface area contributed by atoms with Gasteiger partial charge in [-0.05, 0) is 25.0 Å². The lowest BCUT2D eigenvalue weighted by Gasteiger charge is -2.00. The fourth-order valence-electron chi connectivity index (χ4n) is 1.76. The van der Waals surface area contributed by atoms with Gasteiger partial charge in [-0.2, -0.15) is 4.98 Å². The van der Waals surface area contributed by atoms with E-state index in [2.05, 4.69) is 14.9 Å². The quantitative estimate of drug-likeness (QED) is 0.640. The summed E-state index contributed by atoms with van der Waals surface area (Å²) in [5.74, 6) is 0.560. The Bertz CT molecular complexity index is 580. The molecule has 0 radical (unpaired) electrons. The molecule has 1 aromatic carbocycles. The Morgan fingerprint density at radius 2 is 2.25 bits per heavy atom. The fraction of sp³-hybridized carbons (Fsp3) is 0.357. The van der Waals surface area contributed by atoms with Gasteiger partial charge in [0.1, 0.15) is 0 Å². The van der Waals surface area contributed by atoms with Crippen LogP contribution in [0.25, 0.3) is 11.4 Å². The Labute approximate surface area is 116 Å².